The molecule has 0 radical (unpaired) electrons. The lowest BCUT2D eigenvalue weighted by atomic mass is 9.71. The summed E-state index contributed by atoms with van der Waals surface area (Å²) >= 11 is 1.86. The molecule has 0 aromatic heterocycles. The molecule has 1 heterocycles. The van der Waals surface area contributed by atoms with Gasteiger partial charge in [0.1, 0.15) is 0 Å². The summed E-state index contributed by atoms with van der Waals surface area (Å²) in [7, 11) is 0. The largest absolute Gasteiger partial charge is 0.359 e. The number of aliphatic imine (C=N–C) groups is 1. The summed E-state index contributed by atoms with van der Waals surface area (Å²) in [5.41, 5.74) is 0.756. The molecule has 2 fully saturated rings. The van der Waals surface area contributed by atoms with Gasteiger partial charge in [0.2, 0.25) is 0 Å². The number of thioether (sulfide) groups is 1. The first-order valence-electron chi connectivity index (χ1n) is 5.45. The molecule has 0 unspecified atom stereocenters. The van der Waals surface area contributed by atoms with Crippen LogP contribution in [-0.2, 0) is 0 Å². The summed E-state index contributed by atoms with van der Waals surface area (Å²) < 4.78 is 0. The summed E-state index contributed by atoms with van der Waals surface area (Å²) in [6.45, 7) is 7.82. The molecule has 80 valence electrons. The van der Waals surface area contributed by atoms with Gasteiger partial charge in [0, 0.05) is 17.8 Å². The lowest BCUT2D eigenvalue weighted by molar-refractivity contribution is 0.174. The molecule has 0 bridgehead atoms. The molecule has 1 aliphatic heterocycles. The van der Waals surface area contributed by atoms with Crippen molar-refractivity contribution < 1.29 is 0 Å². The summed E-state index contributed by atoms with van der Waals surface area (Å²) in [5, 5.41) is 4.62. The van der Waals surface area contributed by atoms with Gasteiger partial charge in [-0.25, -0.2) is 0 Å². The standard InChI is InChI=1S/C11H20N2S/c1-10(2)8-14-9(13-10)12-7-11(3)5-4-6-11/h4-8H2,1-3H3,(H,12,13). The maximum Gasteiger partial charge on any atom is 0.157 e. The normalized spacial score (nSPS) is 31.2. The van der Waals surface area contributed by atoms with Crippen LogP contribution < -0.4 is 5.32 Å². The Bertz CT molecular complexity index is 254. The highest BCUT2D eigenvalue weighted by atomic mass is 32.2. The van der Waals surface area contributed by atoms with Gasteiger partial charge in [-0.1, -0.05) is 25.1 Å². The fourth-order valence-electron chi connectivity index (χ4n) is 1.90. The third-order valence-electron chi connectivity index (χ3n) is 3.18. The number of hydrogen-bond acceptors (Lipinski definition) is 2. The second-order valence-corrected chi connectivity index (χ2v) is 6.55. The lowest BCUT2D eigenvalue weighted by Crippen LogP contribution is -2.37. The van der Waals surface area contributed by atoms with E-state index >= 15 is 0 Å². The van der Waals surface area contributed by atoms with Gasteiger partial charge in [0.15, 0.2) is 5.17 Å². The average Bonchev–Trinajstić information content (AvgIpc) is 2.39. The Labute approximate surface area is 90.9 Å². The van der Waals surface area contributed by atoms with E-state index < -0.39 is 0 Å². The van der Waals surface area contributed by atoms with E-state index in [0.717, 1.165) is 17.5 Å². The van der Waals surface area contributed by atoms with Gasteiger partial charge >= 0.3 is 0 Å². The average molecular weight is 212 g/mol. The van der Waals surface area contributed by atoms with Crippen LogP contribution in [-0.4, -0.2) is 23.0 Å². The van der Waals surface area contributed by atoms with Crippen molar-refractivity contribution in [3.63, 3.8) is 0 Å². The number of nitrogens with zero attached hydrogens (tertiary/aromatic N) is 1. The van der Waals surface area contributed by atoms with Crippen molar-refractivity contribution >= 4 is 16.9 Å². The Morgan fingerprint density at radius 3 is 2.50 bits per heavy atom. The smallest absolute Gasteiger partial charge is 0.157 e. The fraction of sp³-hybridized carbons (Fsp3) is 0.909. The number of hydrogen-bond donors (Lipinski definition) is 1. The SMILES string of the molecule is CC1(CN=C2NC(C)(C)CS2)CCC1. The Morgan fingerprint density at radius 1 is 1.36 bits per heavy atom. The number of nitrogens with one attached hydrogen (secondary N) is 1. The number of amidine groups is 1. The van der Waals surface area contributed by atoms with E-state index in [1.807, 2.05) is 11.8 Å². The van der Waals surface area contributed by atoms with Crippen LogP contribution in [0.4, 0.5) is 0 Å². The second-order valence-electron chi connectivity index (χ2n) is 5.58. The monoisotopic (exact) mass is 212 g/mol. The van der Waals surface area contributed by atoms with Gasteiger partial charge in [-0.05, 0) is 32.1 Å². The van der Waals surface area contributed by atoms with Crippen molar-refractivity contribution in [1.82, 2.24) is 5.32 Å². The van der Waals surface area contributed by atoms with Gasteiger partial charge in [-0.2, -0.15) is 0 Å². The van der Waals surface area contributed by atoms with Crippen LogP contribution in [0.25, 0.3) is 0 Å². The fourth-order valence-corrected chi connectivity index (χ4v) is 2.97. The first-order chi connectivity index (χ1) is 6.49. The van der Waals surface area contributed by atoms with Crippen LogP contribution in [0.2, 0.25) is 0 Å². The van der Waals surface area contributed by atoms with E-state index in [1.54, 1.807) is 0 Å². The maximum atomic E-state index is 4.68. The van der Waals surface area contributed by atoms with Crippen molar-refractivity contribution in [2.45, 2.75) is 45.6 Å². The third-order valence-corrected chi connectivity index (χ3v) is 4.55. The van der Waals surface area contributed by atoms with E-state index in [2.05, 4.69) is 31.1 Å². The molecule has 1 saturated heterocycles. The quantitative estimate of drug-likeness (QED) is 0.761. The minimum Gasteiger partial charge on any atom is -0.359 e. The molecule has 1 aliphatic carbocycles. The molecule has 2 nitrogen and oxygen atoms in total. The van der Waals surface area contributed by atoms with Crippen LogP contribution in [0.3, 0.4) is 0 Å². The molecule has 2 rings (SSSR count). The van der Waals surface area contributed by atoms with Gasteiger partial charge < -0.3 is 5.32 Å². The molecule has 0 amide bonds. The van der Waals surface area contributed by atoms with Crippen molar-refractivity contribution in [3.05, 3.63) is 0 Å². The zero-order valence-corrected chi connectivity index (χ0v) is 10.2. The first-order valence-corrected chi connectivity index (χ1v) is 6.43. The van der Waals surface area contributed by atoms with Crippen molar-refractivity contribution in [1.29, 1.82) is 0 Å². The van der Waals surface area contributed by atoms with Crippen molar-refractivity contribution in [3.8, 4) is 0 Å². The molecule has 3 heteroatoms. The van der Waals surface area contributed by atoms with E-state index in [4.69, 9.17) is 0 Å². The zero-order chi connectivity index (χ0) is 10.2. The van der Waals surface area contributed by atoms with Crippen LogP contribution in [0.5, 0.6) is 0 Å². The van der Waals surface area contributed by atoms with E-state index in [9.17, 15) is 0 Å². The second kappa shape index (κ2) is 3.44. The maximum absolute atomic E-state index is 4.68. The molecular weight excluding hydrogens is 192 g/mol. The molecule has 0 aromatic carbocycles. The third kappa shape index (κ3) is 2.25. The van der Waals surface area contributed by atoms with Crippen LogP contribution >= 0.6 is 11.8 Å². The predicted molar refractivity (Wildman–Crippen MR) is 63.9 cm³/mol. The molecule has 1 N–H and O–H groups in total. The summed E-state index contributed by atoms with van der Waals surface area (Å²) in [4.78, 5) is 4.68. The molecule has 1 saturated carbocycles. The highest BCUT2D eigenvalue weighted by Gasteiger charge is 2.32. The topological polar surface area (TPSA) is 24.4 Å². The molecule has 0 spiro atoms. The van der Waals surface area contributed by atoms with E-state index in [-0.39, 0.29) is 5.54 Å². The van der Waals surface area contributed by atoms with E-state index in [1.165, 1.54) is 19.3 Å². The minimum absolute atomic E-state index is 0.240. The Morgan fingerprint density at radius 2 is 2.07 bits per heavy atom. The first kappa shape index (κ1) is 10.3. The van der Waals surface area contributed by atoms with Gasteiger partial charge in [-0.3, -0.25) is 4.99 Å². The Kier molecular flexibility index (Phi) is 2.54. The summed E-state index contributed by atoms with van der Waals surface area (Å²) in [5.74, 6) is 1.14. The zero-order valence-electron chi connectivity index (χ0n) is 9.39. The van der Waals surface area contributed by atoms with E-state index in [0.29, 0.717) is 5.41 Å². The summed E-state index contributed by atoms with van der Waals surface area (Å²) in [6.07, 6.45) is 4.11. The van der Waals surface area contributed by atoms with Crippen molar-refractivity contribution in [2.24, 2.45) is 10.4 Å². The molecule has 2 aliphatic rings. The highest BCUT2D eigenvalue weighted by Crippen LogP contribution is 2.40. The van der Waals surface area contributed by atoms with Crippen LogP contribution in [0, 0.1) is 5.41 Å². The lowest BCUT2D eigenvalue weighted by Gasteiger charge is -2.36. The molecule has 14 heavy (non-hydrogen) atoms. The predicted octanol–water partition coefficient (Wildman–Crippen LogP) is 2.65. The summed E-state index contributed by atoms with van der Waals surface area (Å²) in [6, 6.07) is 0. The van der Waals surface area contributed by atoms with Gasteiger partial charge in [0.05, 0.1) is 0 Å². The minimum atomic E-state index is 0.240. The highest BCUT2D eigenvalue weighted by molar-refractivity contribution is 8.14. The van der Waals surface area contributed by atoms with Crippen molar-refractivity contribution in [2.75, 3.05) is 12.3 Å². The van der Waals surface area contributed by atoms with Crippen LogP contribution in [0.1, 0.15) is 40.0 Å². The van der Waals surface area contributed by atoms with Gasteiger partial charge in [-0.15, -0.1) is 0 Å². The molecular formula is C11H20N2S. The Balaban J connectivity index is 1.87. The van der Waals surface area contributed by atoms with Crippen LogP contribution in [0.15, 0.2) is 4.99 Å². The van der Waals surface area contributed by atoms with Gasteiger partial charge in [0.25, 0.3) is 0 Å². The molecule has 0 atom stereocenters. The number of rotatable bonds is 2. The molecule has 0 aromatic rings. The Hall–Kier alpha value is -0.180.